The summed E-state index contributed by atoms with van der Waals surface area (Å²) in [4.78, 5) is 0. The van der Waals surface area contributed by atoms with E-state index in [4.69, 9.17) is 0 Å². The molecule has 2 nitrogen and oxygen atoms in total. The van der Waals surface area contributed by atoms with Crippen molar-refractivity contribution in [2.24, 2.45) is 5.92 Å². The van der Waals surface area contributed by atoms with Crippen LogP contribution in [-0.2, 0) is 10.8 Å². The van der Waals surface area contributed by atoms with Crippen molar-refractivity contribution in [3.8, 4) is 0 Å². The maximum Gasteiger partial charge on any atom is 0.0501 e. The van der Waals surface area contributed by atoms with E-state index in [1.807, 2.05) is 0 Å². The van der Waals surface area contributed by atoms with Gasteiger partial charge in [0.25, 0.3) is 0 Å². The minimum Gasteiger partial charge on any atom is -0.313 e. The Morgan fingerprint density at radius 1 is 1.31 bits per heavy atom. The molecule has 0 aromatic rings. The summed E-state index contributed by atoms with van der Waals surface area (Å²) in [6, 6.07) is 0.508. The zero-order valence-corrected chi connectivity index (χ0v) is 11.8. The molecule has 1 rings (SSSR count). The second-order valence-corrected chi connectivity index (χ2v) is 7.03. The minimum absolute atomic E-state index is 0.405. The molecule has 1 saturated carbocycles. The zero-order chi connectivity index (χ0) is 12.0. The highest BCUT2D eigenvalue weighted by atomic mass is 32.2. The van der Waals surface area contributed by atoms with Crippen molar-refractivity contribution in [3.05, 3.63) is 0 Å². The Bertz CT molecular complexity index is 218. The number of rotatable bonds is 6. The Labute approximate surface area is 103 Å². The lowest BCUT2D eigenvalue weighted by molar-refractivity contribution is 0.378. The van der Waals surface area contributed by atoms with Crippen molar-refractivity contribution in [2.45, 2.75) is 64.2 Å². The molecular weight excluding hydrogens is 218 g/mol. The molecule has 0 aliphatic heterocycles. The van der Waals surface area contributed by atoms with E-state index >= 15 is 0 Å². The number of hydrogen-bond acceptors (Lipinski definition) is 2. The van der Waals surface area contributed by atoms with Crippen LogP contribution >= 0.6 is 0 Å². The molecule has 16 heavy (non-hydrogen) atoms. The largest absolute Gasteiger partial charge is 0.313 e. The highest BCUT2D eigenvalue weighted by Crippen LogP contribution is 2.24. The first-order valence-electron chi connectivity index (χ1n) is 6.75. The van der Waals surface area contributed by atoms with Gasteiger partial charge in [-0.15, -0.1) is 0 Å². The fraction of sp³-hybridized carbons (Fsp3) is 1.00. The van der Waals surface area contributed by atoms with Crippen molar-refractivity contribution in [1.82, 2.24) is 5.32 Å². The third-order valence-electron chi connectivity index (χ3n) is 3.19. The number of hydrogen-bond donors (Lipinski definition) is 1. The maximum absolute atomic E-state index is 12.3. The third kappa shape index (κ3) is 4.54. The average Bonchev–Trinajstić information content (AvgIpc) is 2.25. The van der Waals surface area contributed by atoms with Gasteiger partial charge in [0.15, 0.2) is 0 Å². The van der Waals surface area contributed by atoms with Gasteiger partial charge in [0, 0.05) is 22.6 Å². The summed E-state index contributed by atoms with van der Waals surface area (Å²) in [6.07, 6.45) is 6.10. The monoisotopic (exact) mass is 245 g/mol. The summed E-state index contributed by atoms with van der Waals surface area (Å²) in [7, 11) is -0.633. The van der Waals surface area contributed by atoms with E-state index in [9.17, 15) is 4.21 Å². The summed E-state index contributed by atoms with van der Waals surface area (Å²) in [5.74, 6) is 1.42. The van der Waals surface area contributed by atoms with Crippen molar-refractivity contribution in [1.29, 1.82) is 0 Å². The van der Waals surface area contributed by atoms with Crippen LogP contribution in [0, 0.1) is 5.92 Å². The minimum atomic E-state index is -0.633. The first kappa shape index (κ1) is 14.2. The Morgan fingerprint density at radius 2 is 2.00 bits per heavy atom. The van der Waals surface area contributed by atoms with E-state index in [0.29, 0.717) is 17.2 Å². The molecule has 0 radical (unpaired) electrons. The lowest BCUT2D eigenvalue weighted by Gasteiger charge is -2.32. The van der Waals surface area contributed by atoms with Crippen LogP contribution in [0.3, 0.4) is 0 Å². The molecule has 1 fully saturated rings. The maximum atomic E-state index is 12.3. The molecule has 0 aromatic heterocycles. The molecule has 0 amide bonds. The van der Waals surface area contributed by atoms with Crippen LogP contribution in [0.2, 0.25) is 0 Å². The van der Waals surface area contributed by atoms with Gasteiger partial charge in [-0.25, -0.2) is 0 Å². The van der Waals surface area contributed by atoms with Gasteiger partial charge in [0.2, 0.25) is 0 Å². The lowest BCUT2D eigenvalue weighted by Crippen LogP contribution is -2.45. The number of nitrogens with one attached hydrogen (secondary N) is 1. The molecule has 0 heterocycles. The molecule has 1 aliphatic carbocycles. The van der Waals surface area contributed by atoms with Crippen LogP contribution in [0.5, 0.6) is 0 Å². The van der Waals surface area contributed by atoms with E-state index in [1.54, 1.807) is 0 Å². The fourth-order valence-electron chi connectivity index (χ4n) is 2.43. The molecule has 1 N–H and O–H groups in total. The second kappa shape index (κ2) is 7.44. The highest BCUT2D eigenvalue weighted by Gasteiger charge is 2.29. The Balaban J connectivity index is 2.48. The van der Waals surface area contributed by atoms with E-state index in [0.717, 1.165) is 18.7 Å². The highest BCUT2D eigenvalue weighted by molar-refractivity contribution is 7.85. The van der Waals surface area contributed by atoms with E-state index in [-0.39, 0.29) is 0 Å². The van der Waals surface area contributed by atoms with Gasteiger partial charge in [0.1, 0.15) is 0 Å². The molecule has 0 aromatic carbocycles. The van der Waals surface area contributed by atoms with Gasteiger partial charge in [-0.05, 0) is 31.7 Å². The van der Waals surface area contributed by atoms with E-state index in [2.05, 4.69) is 26.1 Å². The summed E-state index contributed by atoms with van der Waals surface area (Å²) in [5.41, 5.74) is 0. The van der Waals surface area contributed by atoms with Crippen LogP contribution in [0.1, 0.15) is 52.9 Å². The molecule has 3 unspecified atom stereocenters. The molecule has 3 atom stereocenters. The zero-order valence-electron chi connectivity index (χ0n) is 11.0. The second-order valence-electron chi connectivity index (χ2n) is 5.32. The summed E-state index contributed by atoms with van der Waals surface area (Å²) in [6.45, 7) is 7.58. The van der Waals surface area contributed by atoms with Crippen LogP contribution < -0.4 is 5.32 Å². The Hall–Kier alpha value is 0.110. The molecular formula is C13H27NOS. The van der Waals surface area contributed by atoms with Crippen LogP contribution in [-0.4, -0.2) is 27.8 Å². The predicted molar refractivity (Wildman–Crippen MR) is 72.2 cm³/mol. The molecule has 0 bridgehead atoms. The molecule has 0 saturated heterocycles. The van der Waals surface area contributed by atoms with Gasteiger partial charge in [-0.1, -0.05) is 33.6 Å². The predicted octanol–water partition coefficient (Wildman–Crippen LogP) is 2.70. The van der Waals surface area contributed by atoms with Crippen molar-refractivity contribution in [3.63, 3.8) is 0 Å². The molecule has 0 spiro atoms. The molecule has 3 heteroatoms. The van der Waals surface area contributed by atoms with E-state index < -0.39 is 10.8 Å². The van der Waals surface area contributed by atoms with Crippen molar-refractivity contribution < 1.29 is 4.21 Å². The SMILES string of the molecule is CCCNC1CCCCC1S(=O)CC(C)C. The fourth-order valence-corrected chi connectivity index (χ4v) is 4.36. The van der Waals surface area contributed by atoms with Gasteiger partial charge < -0.3 is 5.32 Å². The van der Waals surface area contributed by atoms with Gasteiger partial charge in [-0.2, -0.15) is 0 Å². The topological polar surface area (TPSA) is 29.1 Å². The van der Waals surface area contributed by atoms with Crippen molar-refractivity contribution in [2.75, 3.05) is 12.3 Å². The van der Waals surface area contributed by atoms with Gasteiger partial charge >= 0.3 is 0 Å². The van der Waals surface area contributed by atoms with Gasteiger partial charge in [-0.3, -0.25) is 4.21 Å². The van der Waals surface area contributed by atoms with Crippen LogP contribution in [0.25, 0.3) is 0 Å². The average molecular weight is 245 g/mol. The smallest absolute Gasteiger partial charge is 0.0501 e. The first-order chi connectivity index (χ1) is 7.65. The summed E-state index contributed by atoms with van der Waals surface area (Å²) >= 11 is 0. The molecule has 1 aliphatic rings. The third-order valence-corrected chi connectivity index (χ3v) is 5.43. The molecule has 96 valence electrons. The summed E-state index contributed by atoms with van der Waals surface area (Å²) < 4.78 is 12.3. The normalized spacial score (nSPS) is 28.2. The standard InChI is InChI=1S/C13H27NOS/c1-4-9-14-12-7-5-6-8-13(12)16(15)10-11(2)3/h11-14H,4-10H2,1-3H3. The Morgan fingerprint density at radius 3 is 2.62 bits per heavy atom. The first-order valence-corrected chi connectivity index (χ1v) is 8.14. The van der Waals surface area contributed by atoms with E-state index in [1.165, 1.54) is 25.7 Å². The van der Waals surface area contributed by atoms with Crippen LogP contribution in [0.4, 0.5) is 0 Å². The van der Waals surface area contributed by atoms with Crippen molar-refractivity contribution >= 4 is 10.8 Å². The lowest BCUT2D eigenvalue weighted by atomic mass is 9.95. The quantitative estimate of drug-likeness (QED) is 0.779. The summed E-state index contributed by atoms with van der Waals surface area (Å²) in [5, 5.41) is 3.99. The van der Waals surface area contributed by atoms with Crippen LogP contribution in [0.15, 0.2) is 0 Å². The van der Waals surface area contributed by atoms with Gasteiger partial charge in [0.05, 0.1) is 5.25 Å². The Kier molecular flexibility index (Phi) is 6.59.